The van der Waals surface area contributed by atoms with Crippen LogP contribution in [0.3, 0.4) is 0 Å². The van der Waals surface area contributed by atoms with Gasteiger partial charge in [0.25, 0.3) is 5.91 Å². The third-order valence-electron chi connectivity index (χ3n) is 4.29. The molecule has 0 spiro atoms. The molecule has 1 fully saturated rings. The van der Waals surface area contributed by atoms with Gasteiger partial charge in [0.15, 0.2) is 6.10 Å². The Morgan fingerprint density at radius 2 is 1.67 bits per heavy atom. The monoisotopic (exact) mass is 379 g/mol. The van der Waals surface area contributed by atoms with Crippen molar-refractivity contribution in [1.82, 2.24) is 15.5 Å². The standard InChI is InChI=1S/C18H25N3O6/c1-10(14(23)19-17(26)20-18(2,3)4)27-13(22)9-21-15(24)11-7-5-6-8-12(11)16(21)25/h5-6,10-12H,7-9H2,1-4H3,(H2,19,20,23,26)/t10-,11+,12+/m1/s1. The van der Waals surface area contributed by atoms with Crippen LogP contribution in [0.5, 0.6) is 0 Å². The maximum absolute atomic E-state index is 12.3. The molecule has 1 aliphatic carbocycles. The fourth-order valence-electron chi connectivity index (χ4n) is 3.03. The van der Waals surface area contributed by atoms with E-state index in [0.29, 0.717) is 12.8 Å². The lowest BCUT2D eigenvalue weighted by atomic mass is 9.85. The van der Waals surface area contributed by atoms with Crippen LogP contribution in [0.15, 0.2) is 12.2 Å². The van der Waals surface area contributed by atoms with Crippen molar-refractivity contribution in [1.29, 1.82) is 0 Å². The molecule has 1 heterocycles. The van der Waals surface area contributed by atoms with E-state index in [4.69, 9.17) is 4.74 Å². The molecule has 0 aromatic heterocycles. The summed E-state index contributed by atoms with van der Waals surface area (Å²) in [6.07, 6.45) is 3.40. The fraction of sp³-hybridized carbons (Fsp3) is 0.611. The Morgan fingerprint density at radius 3 is 2.15 bits per heavy atom. The number of allylic oxidation sites excluding steroid dienone is 2. The number of hydrogen-bond acceptors (Lipinski definition) is 6. The van der Waals surface area contributed by atoms with Crippen molar-refractivity contribution in [3.05, 3.63) is 12.2 Å². The van der Waals surface area contributed by atoms with Gasteiger partial charge < -0.3 is 10.1 Å². The van der Waals surface area contributed by atoms with E-state index in [0.717, 1.165) is 4.90 Å². The van der Waals surface area contributed by atoms with Crippen LogP contribution in [0.2, 0.25) is 0 Å². The molecule has 0 radical (unpaired) electrons. The minimum atomic E-state index is -1.25. The van der Waals surface area contributed by atoms with E-state index in [1.54, 1.807) is 20.8 Å². The molecule has 2 rings (SSSR count). The van der Waals surface area contributed by atoms with Crippen LogP contribution < -0.4 is 10.6 Å². The Morgan fingerprint density at radius 1 is 1.15 bits per heavy atom. The highest BCUT2D eigenvalue weighted by atomic mass is 16.5. The molecule has 0 bridgehead atoms. The summed E-state index contributed by atoms with van der Waals surface area (Å²) < 4.78 is 4.96. The van der Waals surface area contributed by atoms with Gasteiger partial charge in [0.2, 0.25) is 11.8 Å². The van der Waals surface area contributed by atoms with Crippen LogP contribution in [-0.4, -0.2) is 52.8 Å². The summed E-state index contributed by atoms with van der Waals surface area (Å²) in [4.78, 5) is 61.2. The fourth-order valence-corrected chi connectivity index (χ4v) is 3.03. The number of nitrogens with zero attached hydrogens (tertiary/aromatic N) is 1. The Hall–Kier alpha value is -2.71. The summed E-state index contributed by atoms with van der Waals surface area (Å²) in [7, 11) is 0. The number of carbonyl (C=O) groups is 5. The number of ether oxygens (including phenoxy) is 1. The van der Waals surface area contributed by atoms with Crippen molar-refractivity contribution in [3.63, 3.8) is 0 Å². The Balaban J connectivity index is 1.86. The first-order valence-corrected chi connectivity index (χ1v) is 8.82. The van der Waals surface area contributed by atoms with Crippen LogP contribution >= 0.6 is 0 Å². The van der Waals surface area contributed by atoms with Crippen molar-refractivity contribution in [2.75, 3.05) is 6.54 Å². The van der Waals surface area contributed by atoms with Gasteiger partial charge in [0.05, 0.1) is 11.8 Å². The zero-order valence-corrected chi connectivity index (χ0v) is 15.9. The predicted octanol–water partition coefficient (Wildman–Crippen LogP) is 0.494. The third-order valence-corrected chi connectivity index (χ3v) is 4.29. The highest BCUT2D eigenvalue weighted by Gasteiger charge is 2.47. The summed E-state index contributed by atoms with van der Waals surface area (Å²) in [5.41, 5.74) is -0.535. The molecule has 9 heteroatoms. The maximum atomic E-state index is 12.3. The van der Waals surface area contributed by atoms with Gasteiger partial charge in [-0.15, -0.1) is 0 Å². The average molecular weight is 379 g/mol. The number of hydrogen-bond donors (Lipinski definition) is 2. The lowest BCUT2D eigenvalue weighted by molar-refractivity contribution is -0.159. The summed E-state index contributed by atoms with van der Waals surface area (Å²) in [6.45, 7) is 6.00. The molecule has 148 valence electrons. The van der Waals surface area contributed by atoms with Gasteiger partial charge in [-0.25, -0.2) is 4.79 Å². The molecule has 0 aromatic rings. The number of carbonyl (C=O) groups excluding carboxylic acids is 5. The van der Waals surface area contributed by atoms with E-state index >= 15 is 0 Å². The highest BCUT2D eigenvalue weighted by Crippen LogP contribution is 2.34. The molecule has 0 aromatic carbocycles. The zero-order chi connectivity index (χ0) is 20.4. The maximum Gasteiger partial charge on any atom is 0.326 e. The lowest BCUT2D eigenvalue weighted by Crippen LogP contribution is -2.51. The Labute approximate surface area is 157 Å². The average Bonchev–Trinajstić information content (AvgIpc) is 2.78. The number of nitrogens with one attached hydrogen (secondary N) is 2. The highest BCUT2D eigenvalue weighted by molar-refractivity contribution is 6.07. The van der Waals surface area contributed by atoms with Gasteiger partial charge in [0.1, 0.15) is 6.54 Å². The molecule has 9 nitrogen and oxygen atoms in total. The minimum absolute atomic E-state index is 0.395. The van der Waals surface area contributed by atoms with E-state index in [-0.39, 0.29) is 0 Å². The van der Waals surface area contributed by atoms with Gasteiger partial charge in [-0.3, -0.25) is 29.4 Å². The molecule has 1 aliphatic heterocycles. The van der Waals surface area contributed by atoms with E-state index in [1.165, 1.54) is 6.92 Å². The summed E-state index contributed by atoms with van der Waals surface area (Å²) in [6, 6.07) is -0.711. The zero-order valence-electron chi connectivity index (χ0n) is 15.9. The van der Waals surface area contributed by atoms with Gasteiger partial charge in [-0.2, -0.15) is 0 Å². The largest absolute Gasteiger partial charge is 0.451 e. The van der Waals surface area contributed by atoms with Crippen LogP contribution in [0.4, 0.5) is 4.79 Å². The van der Waals surface area contributed by atoms with E-state index in [9.17, 15) is 24.0 Å². The first-order valence-electron chi connectivity index (χ1n) is 8.82. The molecule has 3 atom stereocenters. The number of fused-ring (bicyclic) bond motifs is 1. The molecule has 2 N–H and O–H groups in total. The molecular weight excluding hydrogens is 354 g/mol. The van der Waals surface area contributed by atoms with Crippen molar-refractivity contribution >= 4 is 29.7 Å². The lowest BCUT2D eigenvalue weighted by Gasteiger charge is -2.21. The van der Waals surface area contributed by atoms with Crippen LogP contribution in [-0.2, 0) is 23.9 Å². The summed E-state index contributed by atoms with van der Waals surface area (Å²) in [5.74, 6) is -3.35. The van der Waals surface area contributed by atoms with E-state index in [1.807, 2.05) is 12.2 Å². The first-order chi connectivity index (χ1) is 12.5. The number of esters is 1. The quantitative estimate of drug-likeness (QED) is 0.417. The number of imide groups is 2. The first kappa shape index (κ1) is 20.6. The van der Waals surface area contributed by atoms with Gasteiger partial charge in [-0.1, -0.05) is 12.2 Å². The molecule has 0 saturated carbocycles. The number of amides is 5. The Bertz CT molecular complexity index is 668. The van der Waals surface area contributed by atoms with Gasteiger partial charge in [-0.05, 0) is 40.5 Å². The number of rotatable bonds is 4. The predicted molar refractivity (Wildman–Crippen MR) is 94.1 cm³/mol. The summed E-state index contributed by atoms with van der Waals surface area (Å²) in [5, 5.41) is 4.61. The second kappa shape index (κ2) is 7.89. The van der Waals surface area contributed by atoms with Crippen LogP contribution in [0, 0.1) is 11.8 Å². The van der Waals surface area contributed by atoms with Crippen molar-refractivity contribution in [3.8, 4) is 0 Å². The molecule has 5 amide bonds. The smallest absolute Gasteiger partial charge is 0.326 e. The van der Waals surface area contributed by atoms with E-state index < -0.39 is 59.7 Å². The van der Waals surface area contributed by atoms with Crippen LogP contribution in [0.1, 0.15) is 40.5 Å². The van der Waals surface area contributed by atoms with Crippen LogP contribution in [0.25, 0.3) is 0 Å². The molecule has 2 aliphatic rings. The second-order valence-electron chi connectivity index (χ2n) is 7.74. The van der Waals surface area contributed by atoms with Crippen molar-refractivity contribution < 1.29 is 28.7 Å². The van der Waals surface area contributed by atoms with Gasteiger partial charge >= 0.3 is 12.0 Å². The van der Waals surface area contributed by atoms with Gasteiger partial charge in [0, 0.05) is 5.54 Å². The Kier molecular flexibility index (Phi) is 6.02. The molecule has 27 heavy (non-hydrogen) atoms. The topological polar surface area (TPSA) is 122 Å². The molecular formula is C18H25N3O6. The minimum Gasteiger partial charge on any atom is -0.451 e. The van der Waals surface area contributed by atoms with Crippen molar-refractivity contribution in [2.45, 2.75) is 52.2 Å². The van der Waals surface area contributed by atoms with E-state index in [2.05, 4.69) is 10.6 Å². The normalized spacial score (nSPS) is 22.9. The number of urea groups is 1. The second-order valence-corrected chi connectivity index (χ2v) is 7.74. The number of likely N-dealkylation sites (tertiary alicyclic amines) is 1. The molecule has 1 saturated heterocycles. The SMILES string of the molecule is C[C@@H](OC(=O)CN1C(=O)[C@H]2CC=CC[C@@H]2C1=O)C(=O)NC(=O)NC(C)(C)C. The summed E-state index contributed by atoms with van der Waals surface area (Å²) >= 11 is 0. The van der Waals surface area contributed by atoms with Crippen molar-refractivity contribution in [2.24, 2.45) is 11.8 Å². The third kappa shape index (κ3) is 5.15. The molecule has 0 unspecified atom stereocenters.